The molecule has 0 spiro atoms. The van der Waals surface area contributed by atoms with Crippen LogP contribution in [0.3, 0.4) is 0 Å². The van der Waals surface area contributed by atoms with Crippen molar-refractivity contribution in [2.24, 2.45) is 5.92 Å². The maximum Gasteiger partial charge on any atom is 0.309 e. The van der Waals surface area contributed by atoms with Crippen LogP contribution in [-0.4, -0.2) is 74.7 Å². The molecule has 0 amide bonds. The Balaban J connectivity index is 1.69. The Labute approximate surface area is 103 Å². The average Bonchev–Trinajstić information content (AvgIpc) is 2.28. The van der Waals surface area contributed by atoms with E-state index < -0.39 is 0 Å². The Bertz CT molecular complexity index is 260. The SMILES string of the molecule is COC(=O)C(C)CN1CCN(C2CNC2)CC1. The third-order valence-corrected chi connectivity index (χ3v) is 3.82. The lowest BCUT2D eigenvalue weighted by Crippen LogP contribution is -2.61. The summed E-state index contributed by atoms with van der Waals surface area (Å²) in [5.74, 6) is -0.118. The van der Waals surface area contributed by atoms with Crippen LogP contribution < -0.4 is 5.32 Å². The number of rotatable bonds is 4. The molecule has 2 saturated heterocycles. The van der Waals surface area contributed by atoms with Gasteiger partial charge in [-0.05, 0) is 0 Å². The summed E-state index contributed by atoms with van der Waals surface area (Å²) in [6.45, 7) is 9.42. The number of nitrogens with zero attached hydrogens (tertiary/aromatic N) is 2. The predicted molar refractivity (Wildman–Crippen MR) is 65.9 cm³/mol. The highest BCUT2D eigenvalue weighted by Gasteiger charge is 2.28. The molecule has 2 aliphatic heterocycles. The normalized spacial score (nSPS) is 25.3. The molecule has 2 aliphatic rings. The van der Waals surface area contributed by atoms with E-state index in [0.717, 1.165) is 51.9 Å². The van der Waals surface area contributed by atoms with Gasteiger partial charge in [-0.15, -0.1) is 0 Å². The van der Waals surface area contributed by atoms with E-state index in [0.29, 0.717) is 0 Å². The summed E-state index contributed by atoms with van der Waals surface area (Å²) in [6, 6.07) is 0.746. The molecular weight excluding hydrogens is 218 g/mol. The molecule has 2 fully saturated rings. The van der Waals surface area contributed by atoms with Gasteiger partial charge < -0.3 is 10.1 Å². The Morgan fingerprint density at radius 1 is 1.35 bits per heavy atom. The Kier molecular flexibility index (Phi) is 4.36. The number of carbonyl (C=O) groups excluding carboxylic acids is 1. The molecule has 1 unspecified atom stereocenters. The van der Waals surface area contributed by atoms with Crippen LogP contribution in [0.4, 0.5) is 0 Å². The number of nitrogens with one attached hydrogen (secondary N) is 1. The molecule has 5 nitrogen and oxygen atoms in total. The van der Waals surface area contributed by atoms with E-state index in [9.17, 15) is 4.79 Å². The molecule has 2 rings (SSSR count). The number of ether oxygens (including phenoxy) is 1. The summed E-state index contributed by atoms with van der Waals surface area (Å²) in [6.07, 6.45) is 0. The highest BCUT2D eigenvalue weighted by atomic mass is 16.5. The zero-order chi connectivity index (χ0) is 12.3. The van der Waals surface area contributed by atoms with Gasteiger partial charge in [0.05, 0.1) is 13.0 Å². The van der Waals surface area contributed by atoms with Crippen molar-refractivity contribution in [3.63, 3.8) is 0 Å². The van der Waals surface area contributed by atoms with Gasteiger partial charge in [-0.1, -0.05) is 6.92 Å². The first-order valence-electron chi connectivity index (χ1n) is 6.45. The van der Waals surface area contributed by atoms with Crippen LogP contribution in [0.25, 0.3) is 0 Å². The highest BCUT2D eigenvalue weighted by molar-refractivity contribution is 5.72. The third kappa shape index (κ3) is 3.18. The topological polar surface area (TPSA) is 44.8 Å². The second-order valence-corrected chi connectivity index (χ2v) is 5.07. The Hall–Kier alpha value is -0.650. The Morgan fingerprint density at radius 3 is 2.47 bits per heavy atom. The van der Waals surface area contributed by atoms with Crippen molar-refractivity contribution in [2.45, 2.75) is 13.0 Å². The lowest BCUT2D eigenvalue weighted by Gasteiger charge is -2.43. The highest BCUT2D eigenvalue weighted by Crippen LogP contribution is 2.11. The van der Waals surface area contributed by atoms with Crippen LogP contribution in [0.2, 0.25) is 0 Å². The first-order chi connectivity index (χ1) is 8.20. The smallest absolute Gasteiger partial charge is 0.309 e. The number of hydrogen-bond donors (Lipinski definition) is 1. The largest absolute Gasteiger partial charge is 0.469 e. The molecule has 0 radical (unpaired) electrons. The molecule has 1 atom stereocenters. The van der Waals surface area contributed by atoms with Gasteiger partial charge in [0, 0.05) is 51.9 Å². The van der Waals surface area contributed by atoms with E-state index in [-0.39, 0.29) is 11.9 Å². The van der Waals surface area contributed by atoms with Crippen molar-refractivity contribution >= 4 is 5.97 Å². The van der Waals surface area contributed by atoms with E-state index in [2.05, 4.69) is 15.1 Å². The number of hydrogen-bond acceptors (Lipinski definition) is 5. The number of carbonyl (C=O) groups is 1. The molecule has 98 valence electrons. The number of piperazine rings is 1. The lowest BCUT2D eigenvalue weighted by molar-refractivity contribution is -0.145. The second-order valence-electron chi connectivity index (χ2n) is 5.07. The monoisotopic (exact) mass is 241 g/mol. The summed E-state index contributed by atoms with van der Waals surface area (Å²) < 4.78 is 4.76. The molecule has 2 heterocycles. The molecule has 0 aromatic rings. The number of methoxy groups -OCH3 is 1. The van der Waals surface area contributed by atoms with E-state index in [4.69, 9.17) is 4.74 Å². The minimum absolute atomic E-state index is 0.0167. The van der Waals surface area contributed by atoms with Crippen LogP contribution in [0.15, 0.2) is 0 Å². The minimum Gasteiger partial charge on any atom is -0.469 e. The molecule has 0 bridgehead atoms. The molecule has 0 aromatic heterocycles. The van der Waals surface area contributed by atoms with Crippen molar-refractivity contribution in [3.05, 3.63) is 0 Å². The maximum atomic E-state index is 11.3. The van der Waals surface area contributed by atoms with Crippen molar-refractivity contribution in [1.82, 2.24) is 15.1 Å². The van der Waals surface area contributed by atoms with E-state index in [1.54, 1.807) is 0 Å². The van der Waals surface area contributed by atoms with Gasteiger partial charge in [0.2, 0.25) is 0 Å². The minimum atomic E-state index is -0.101. The van der Waals surface area contributed by atoms with Crippen molar-refractivity contribution in [3.8, 4) is 0 Å². The first-order valence-corrected chi connectivity index (χ1v) is 6.45. The second kappa shape index (κ2) is 5.80. The van der Waals surface area contributed by atoms with E-state index >= 15 is 0 Å². The van der Waals surface area contributed by atoms with Crippen LogP contribution in [-0.2, 0) is 9.53 Å². The van der Waals surface area contributed by atoms with Gasteiger partial charge in [0.1, 0.15) is 0 Å². The summed E-state index contributed by atoms with van der Waals surface area (Å²) in [5.41, 5.74) is 0. The van der Waals surface area contributed by atoms with Gasteiger partial charge in [0.25, 0.3) is 0 Å². The summed E-state index contributed by atoms with van der Waals surface area (Å²) in [4.78, 5) is 16.3. The molecule has 0 aliphatic carbocycles. The molecule has 17 heavy (non-hydrogen) atoms. The summed E-state index contributed by atoms with van der Waals surface area (Å²) in [5, 5.41) is 3.31. The molecule has 0 saturated carbocycles. The average molecular weight is 241 g/mol. The van der Waals surface area contributed by atoms with Crippen molar-refractivity contribution < 1.29 is 9.53 Å². The molecule has 1 N–H and O–H groups in total. The van der Waals surface area contributed by atoms with Crippen LogP contribution in [0, 0.1) is 5.92 Å². The molecule has 0 aromatic carbocycles. The van der Waals surface area contributed by atoms with Gasteiger partial charge in [-0.25, -0.2) is 0 Å². The maximum absolute atomic E-state index is 11.3. The van der Waals surface area contributed by atoms with Gasteiger partial charge in [-0.2, -0.15) is 0 Å². The Morgan fingerprint density at radius 2 is 2.00 bits per heavy atom. The quantitative estimate of drug-likeness (QED) is 0.665. The predicted octanol–water partition coefficient (Wildman–Crippen LogP) is -0.615. The molecular formula is C12H23N3O2. The van der Waals surface area contributed by atoms with Crippen LogP contribution >= 0.6 is 0 Å². The van der Waals surface area contributed by atoms with Gasteiger partial charge in [-0.3, -0.25) is 14.6 Å². The fourth-order valence-corrected chi connectivity index (χ4v) is 2.51. The van der Waals surface area contributed by atoms with E-state index in [1.165, 1.54) is 7.11 Å². The lowest BCUT2D eigenvalue weighted by atomic mass is 10.1. The standard InChI is InChI=1S/C12H23N3O2/c1-10(12(16)17-2)9-14-3-5-15(6-4-14)11-7-13-8-11/h10-11,13H,3-9H2,1-2H3. The summed E-state index contributed by atoms with van der Waals surface area (Å²) >= 11 is 0. The first kappa shape index (κ1) is 12.8. The number of esters is 1. The molecule has 5 heteroatoms. The van der Waals surface area contributed by atoms with Crippen LogP contribution in [0.5, 0.6) is 0 Å². The van der Waals surface area contributed by atoms with E-state index in [1.807, 2.05) is 6.92 Å². The summed E-state index contributed by atoms with van der Waals surface area (Å²) in [7, 11) is 1.46. The fourth-order valence-electron chi connectivity index (χ4n) is 2.51. The van der Waals surface area contributed by atoms with Crippen molar-refractivity contribution in [2.75, 3.05) is 52.9 Å². The fraction of sp³-hybridized carbons (Fsp3) is 0.917. The third-order valence-electron chi connectivity index (χ3n) is 3.82. The van der Waals surface area contributed by atoms with Crippen molar-refractivity contribution in [1.29, 1.82) is 0 Å². The van der Waals surface area contributed by atoms with Gasteiger partial charge >= 0.3 is 5.97 Å². The zero-order valence-corrected chi connectivity index (χ0v) is 10.8. The zero-order valence-electron chi connectivity index (χ0n) is 10.8. The van der Waals surface area contributed by atoms with Gasteiger partial charge in [0.15, 0.2) is 0 Å². The van der Waals surface area contributed by atoms with Crippen LogP contribution in [0.1, 0.15) is 6.92 Å².